The van der Waals surface area contributed by atoms with Crippen LogP contribution in [0.4, 0.5) is 10.6 Å². The SMILES string of the molecule is C=C/C(=C\C)c1ccc(N2CCN(Cc3cccc(CC)c3)C2=O)nc1CC. The van der Waals surface area contributed by atoms with Crippen molar-refractivity contribution in [1.29, 1.82) is 0 Å². The van der Waals surface area contributed by atoms with Crippen molar-refractivity contribution < 1.29 is 4.79 Å². The van der Waals surface area contributed by atoms with E-state index in [-0.39, 0.29) is 6.03 Å². The number of aromatic nitrogens is 1. The average Bonchev–Trinajstić information content (AvgIpc) is 3.09. The predicted molar refractivity (Wildman–Crippen MR) is 116 cm³/mol. The van der Waals surface area contributed by atoms with E-state index in [4.69, 9.17) is 4.98 Å². The summed E-state index contributed by atoms with van der Waals surface area (Å²) in [6.45, 7) is 12.1. The number of allylic oxidation sites excluding steroid dienone is 3. The van der Waals surface area contributed by atoms with Crippen LogP contribution in [0.15, 0.2) is 55.1 Å². The molecule has 2 amide bonds. The van der Waals surface area contributed by atoms with Crippen molar-refractivity contribution in [3.8, 4) is 0 Å². The molecule has 0 spiro atoms. The Hall–Kier alpha value is -2.88. The second-order valence-electron chi connectivity index (χ2n) is 6.99. The highest BCUT2D eigenvalue weighted by Crippen LogP contribution is 2.26. The number of hydrogen-bond donors (Lipinski definition) is 0. The Labute approximate surface area is 168 Å². The van der Waals surface area contributed by atoms with Crippen LogP contribution in [0, 0.1) is 0 Å². The van der Waals surface area contributed by atoms with Crippen molar-refractivity contribution in [2.75, 3.05) is 18.0 Å². The summed E-state index contributed by atoms with van der Waals surface area (Å²) in [5, 5.41) is 0. The van der Waals surface area contributed by atoms with Crippen LogP contribution < -0.4 is 4.90 Å². The summed E-state index contributed by atoms with van der Waals surface area (Å²) in [7, 11) is 0. The zero-order valence-electron chi connectivity index (χ0n) is 17.1. The van der Waals surface area contributed by atoms with E-state index in [0.717, 1.165) is 35.5 Å². The molecule has 4 nitrogen and oxygen atoms in total. The second-order valence-corrected chi connectivity index (χ2v) is 6.99. The van der Waals surface area contributed by atoms with Gasteiger partial charge in [0.2, 0.25) is 0 Å². The summed E-state index contributed by atoms with van der Waals surface area (Å²) in [4.78, 5) is 21.5. The lowest BCUT2D eigenvalue weighted by molar-refractivity contribution is 0.218. The van der Waals surface area contributed by atoms with Crippen molar-refractivity contribution in [1.82, 2.24) is 9.88 Å². The van der Waals surface area contributed by atoms with Gasteiger partial charge in [-0.1, -0.05) is 56.8 Å². The smallest absolute Gasteiger partial charge is 0.318 e. The molecule has 3 rings (SSSR count). The minimum atomic E-state index is 0.0270. The van der Waals surface area contributed by atoms with E-state index in [1.165, 1.54) is 11.1 Å². The van der Waals surface area contributed by atoms with Gasteiger partial charge in [-0.25, -0.2) is 9.78 Å². The van der Waals surface area contributed by atoms with Crippen LogP contribution >= 0.6 is 0 Å². The summed E-state index contributed by atoms with van der Waals surface area (Å²) in [6, 6.07) is 12.5. The van der Waals surface area contributed by atoms with Gasteiger partial charge in [0.25, 0.3) is 0 Å². The molecule has 146 valence electrons. The number of hydrogen-bond acceptors (Lipinski definition) is 2. The van der Waals surface area contributed by atoms with E-state index >= 15 is 0 Å². The third-order valence-electron chi connectivity index (χ3n) is 5.28. The van der Waals surface area contributed by atoms with E-state index in [2.05, 4.69) is 50.8 Å². The molecule has 0 saturated carbocycles. The standard InChI is InChI=1S/C24H29N3O/c1-5-18-10-9-11-19(16-18)17-26-14-15-27(24(26)28)23-13-12-21(20(6-2)7-3)22(8-4)25-23/h6-7,9-13,16H,2,5,8,14-15,17H2,1,3-4H3/b20-7+. The number of urea groups is 1. The van der Waals surface area contributed by atoms with Crippen molar-refractivity contribution in [2.45, 2.75) is 40.2 Å². The summed E-state index contributed by atoms with van der Waals surface area (Å²) in [5.74, 6) is 0.731. The number of carbonyl (C=O) groups is 1. The molecule has 2 heterocycles. The highest BCUT2D eigenvalue weighted by molar-refractivity contribution is 5.93. The number of aryl methyl sites for hydroxylation is 2. The van der Waals surface area contributed by atoms with Gasteiger partial charge in [-0.3, -0.25) is 4.90 Å². The van der Waals surface area contributed by atoms with Crippen LogP contribution in [-0.4, -0.2) is 29.0 Å². The van der Waals surface area contributed by atoms with Gasteiger partial charge in [0.1, 0.15) is 5.82 Å². The molecule has 1 aromatic heterocycles. The normalized spacial score (nSPS) is 14.7. The van der Waals surface area contributed by atoms with Crippen LogP contribution in [0.1, 0.15) is 43.2 Å². The largest absolute Gasteiger partial charge is 0.326 e. The first-order chi connectivity index (χ1) is 13.6. The number of pyridine rings is 1. The van der Waals surface area contributed by atoms with Crippen LogP contribution in [0.3, 0.4) is 0 Å². The summed E-state index contributed by atoms with van der Waals surface area (Å²) in [5.41, 5.74) is 5.63. The van der Waals surface area contributed by atoms with Gasteiger partial charge in [-0.2, -0.15) is 0 Å². The molecule has 1 aliphatic heterocycles. The first-order valence-corrected chi connectivity index (χ1v) is 10.0. The second kappa shape index (κ2) is 8.87. The van der Waals surface area contributed by atoms with E-state index in [1.807, 2.05) is 30.0 Å². The number of amides is 2. The topological polar surface area (TPSA) is 36.4 Å². The third kappa shape index (κ3) is 4.01. The minimum absolute atomic E-state index is 0.0270. The van der Waals surface area contributed by atoms with Gasteiger partial charge in [0.15, 0.2) is 0 Å². The molecule has 1 aromatic carbocycles. The van der Waals surface area contributed by atoms with Gasteiger partial charge in [-0.05, 0) is 48.6 Å². The van der Waals surface area contributed by atoms with E-state index in [9.17, 15) is 4.79 Å². The number of anilines is 1. The number of rotatable bonds is 7. The molecule has 0 atom stereocenters. The van der Waals surface area contributed by atoms with Gasteiger partial charge in [0.05, 0.1) is 5.69 Å². The molecule has 1 saturated heterocycles. The molecule has 0 radical (unpaired) electrons. The van der Waals surface area contributed by atoms with Crippen molar-refractivity contribution in [3.63, 3.8) is 0 Å². The van der Waals surface area contributed by atoms with Crippen LogP contribution in [-0.2, 0) is 19.4 Å². The fourth-order valence-corrected chi connectivity index (χ4v) is 3.67. The van der Waals surface area contributed by atoms with Gasteiger partial charge < -0.3 is 4.90 Å². The van der Waals surface area contributed by atoms with Crippen LogP contribution in [0.2, 0.25) is 0 Å². The van der Waals surface area contributed by atoms with E-state index in [0.29, 0.717) is 19.6 Å². The maximum atomic E-state index is 13.0. The monoisotopic (exact) mass is 375 g/mol. The number of carbonyl (C=O) groups excluding carboxylic acids is 1. The first-order valence-electron chi connectivity index (χ1n) is 10.0. The number of nitrogens with zero attached hydrogens (tertiary/aromatic N) is 3. The summed E-state index contributed by atoms with van der Waals surface area (Å²) in [6.07, 6.45) is 5.70. The Morgan fingerprint density at radius 3 is 2.61 bits per heavy atom. The van der Waals surface area contributed by atoms with Crippen LogP contribution in [0.5, 0.6) is 0 Å². The summed E-state index contributed by atoms with van der Waals surface area (Å²) >= 11 is 0. The highest BCUT2D eigenvalue weighted by atomic mass is 16.2. The molecule has 0 N–H and O–H groups in total. The zero-order chi connectivity index (χ0) is 20.1. The Balaban J connectivity index is 1.79. The van der Waals surface area contributed by atoms with Crippen molar-refractivity contribution in [3.05, 3.63) is 77.5 Å². The quantitative estimate of drug-likeness (QED) is 0.621. The van der Waals surface area contributed by atoms with Gasteiger partial charge in [-0.15, -0.1) is 0 Å². The molecular formula is C24H29N3O. The molecular weight excluding hydrogens is 346 g/mol. The molecule has 0 unspecified atom stereocenters. The van der Waals surface area contributed by atoms with Crippen molar-refractivity contribution >= 4 is 17.4 Å². The Kier molecular flexibility index (Phi) is 6.30. The average molecular weight is 376 g/mol. The fraction of sp³-hybridized carbons (Fsp3) is 0.333. The van der Waals surface area contributed by atoms with Gasteiger partial charge in [0, 0.05) is 25.2 Å². The van der Waals surface area contributed by atoms with Gasteiger partial charge >= 0.3 is 6.03 Å². The zero-order valence-corrected chi connectivity index (χ0v) is 17.1. The molecule has 0 bridgehead atoms. The molecule has 0 aliphatic carbocycles. The molecule has 2 aromatic rings. The fourth-order valence-electron chi connectivity index (χ4n) is 3.67. The van der Waals surface area contributed by atoms with Crippen molar-refractivity contribution in [2.24, 2.45) is 0 Å². The molecule has 1 aliphatic rings. The Bertz CT molecular complexity index is 900. The lowest BCUT2D eigenvalue weighted by Gasteiger charge is -2.20. The van der Waals surface area contributed by atoms with E-state index in [1.54, 1.807) is 4.90 Å². The Morgan fingerprint density at radius 2 is 1.93 bits per heavy atom. The van der Waals surface area contributed by atoms with Crippen LogP contribution in [0.25, 0.3) is 5.57 Å². The lowest BCUT2D eigenvalue weighted by atomic mass is 10.0. The highest BCUT2D eigenvalue weighted by Gasteiger charge is 2.30. The molecule has 1 fully saturated rings. The molecule has 28 heavy (non-hydrogen) atoms. The first kappa shape index (κ1) is 19.9. The summed E-state index contributed by atoms with van der Waals surface area (Å²) < 4.78 is 0. The third-order valence-corrected chi connectivity index (χ3v) is 5.28. The molecule has 4 heteroatoms. The van der Waals surface area contributed by atoms with E-state index < -0.39 is 0 Å². The lowest BCUT2D eigenvalue weighted by Crippen LogP contribution is -2.32. The number of benzene rings is 1. The minimum Gasteiger partial charge on any atom is -0.318 e. The Morgan fingerprint density at radius 1 is 1.14 bits per heavy atom. The predicted octanol–water partition coefficient (Wildman–Crippen LogP) is 5.24. The maximum absolute atomic E-state index is 13.0. The maximum Gasteiger partial charge on any atom is 0.326 e.